The van der Waals surface area contributed by atoms with E-state index >= 15 is 0 Å². The van der Waals surface area contributed by atoms with Gasteiger partial charge in [-0.2, -0.15) is 0 Å². The minimum Gasteiger partial charge on any atom is -0.457 e. The highest BCUT2D eigenvalue weighted by Gasteiger charge is 2.31. The van der Waals surface area contributed by atoms with Crippen molar-refractivity contribution in [2.24, 2.45) is 0 Å². The highest BCUT2D eigenvalue weighted by molar-refractivity contribution is 6.10. The van der Waals surface area contributed by atoms with Crippen LogP contribution in [0.2, 0.25) is 0 Å². The average molecular weight is 921 g/mol. The first kappa shape index (κ1) is 46.6. The molecule has 1 aliphatic rings. The Morgan fingerprint density at radius 3 is 1.70 bits per heavy atom. The molecule has 0 unspecified atom stereocenters. The van der Waals surface area contributed by atoms with Crippen LogP contribution in [-0.4, -0.2) is 16.2 Å². The second-order valence-corrected chi connectivity index (χ2v) is 23.6. The third-order valence-corrected chi connectivity index (χ3v) is 14.2. The predicted octanol–water partition coefficient (Wildman–Crippen LogP) is 18.1. The maximum absolute atomic E-state index is 6.90. The van der Waals surface area contributed by atoms with Crippen molar-refractivity contribution in [2.45, 2.75) is 112 Å². The SMILES string of the molecule is Cc1cc(-n2c3cc(Oc4cccc(N5CN(c6cc(C(C)(C)C)cc(C(C)(C)C)c6)c6cc(-c7ccccc7)ccc65)c4)ccc3c3ccc(C(C)(C)C)cc32)ncc1-c1cccc(C(C)(C)C)c1. The molecule has 0 radical (unpaired) electrons. The molecule has 0 aliphatic carbocycles. The summed E-state index contributed by atoms with van der Waals surface area (Å²) in [7, 11) is 0. The standard InChI is InChI=1S/C65H68N4O/c1-42-31-61(66-40-56(42)45-21-17-22-46(32-45)62(2,3)4)69-58-37-47(63(5,6)7)26-28-54(58)55-29-27-53(39-59(55)69)70-52-24-18-23-50(38-52)67-41-68(51-35-48(64(8,9)10)34-49(36-51)65(11,12)13)60-33-44(25-30-57(60)67)43-19-15-14-16-20-43/h14-40H,41H2,1-13H3. The zero-order valence-corrected chi connectivity index (χ0v) is 43.5. The molecule has 0 atom stereocenters. The van der Waals surface area contributed by atoms with Gasteiger partial charge in [0.2, 0.25) is 0 Å². The van der Waals surface area contributed by atoms with Crippen LogP contribution in [0.15, 0.2) is 164 Å². The molecule has 0 fully saturated rings. The lowest BCUT2D eigenvalue weighted by atomic mass is 9.80. The molecule has 10 rings (SSSR count). The van der Waals surface area contributed by atoms with Gasteiger partial charge in [-0.15, -0.1) is 0 Å². The van der Waals surface area contributed by atoms with Crippen molar-refractivity contribution in [3.8, 4) is 39.6 Å². The maximum Gasteiger partial charge on any atom is 0.137 e. The van der Waals surface area contributed by atoms with Gasteiger partial charge in [-0.1, -0.05) is 168 Å². The van der Waals surface area contributed by atoms with Gasteiger partial charge in [-0.25, -0.2) is 4.98 Å². The van der Waals surface area contributed by atoms with Gasteiger partial charge in [0.1, 0.15) is 24.0 Å². The van der Waals surface area contributed by atoms with Crippen LogP contribution < -0.4 is 14.5 Å². The number of aryl methyl sites for hydroxylation is 1. The minimum absolute atomic E-state index is 0.0121. The van der Waals surface area contributed by atoms with Gasteiger partial charge in [0.25, 0.3) is 0 Å². The summed E-state index contributed by atoms with van der Waals surface area (Å²) in [6, 6.07) is 57.9. The van der Waals surface area contributed by atoms with E-state index in [1.54, 1.807) is 0 Å². The molecule has 3 heterocycles. The van der Waals surface area contributed by atoms with Gasteiger partial charge >= 0.3 is 0 Å². The molecule has 354 valence electrons. The average Bonchev–Trinajstić information content (AvgIpc) is 3.86. The van der Waals surface area contributed by atoms with E-state index in [0.717, 1.165) is 50.7 Å². The monoisotopic (exact) mass is 921 g/mol. The second kappa shape index (κ2) is 17.1. The van der Waals surface area contributed by atoms with Gasteiger partial charge in [0, 0.05) is 46.0 Å². The van der Waals surface area contributed by atoms with Gasteiger partial charge in [0.05, 0.1) is 22.4 Å². The van der Waals surface area contributed by atoms with Gasteiger partial charge in [-0.05, 0) is 134 Å². The summed E-state index contributed by atoms with van der Waals surface area (Å²) in [5, 5.41) is 2.35. The van der Waals surface area contributed by atoms with E-state index < -0.39 is 0 Å². The van der Waals surface area contributed by atoms with Crippen molar-refractivity contribution < 1.29 is 4.74 Å². The molecule has 2 aromatic heterocycles. The number of anilines is 4. The lowest BCUT2D eigenvalue weighted by Crippen LogP contribution is -2.25. The van der Waals surface area contributed by atoms with Gasteiger partial charge in [0.15, 0.2) is 0 Å². The molecule has 9 aromatic rings. The molecule has 7 aromatic carbocycles. The van der Waals surface area contributed by atoms with Crippen LogP contribution in [0.4, 0.5) is 22.7 Å². The molecular weight excluding hydrogens is 853 g/mol. The van der Waals surface area contributed by atoms with Crippen LogP contribution >= 0.6 is 0 Å². The number of hydrogen-bond donors (Lipinski definition) is 0. The largest absolute Gasteiger partial charge is 0.457 e. The topological polar surface area (TPSA) is 33.5 Å². The number of pyridine rings is 1. The molecule has 0 saturated heterocycles. The summed E-state index contributed by atoms with van der Waals surface area (Å²) >= 11 is 0. The Morgan fingerprint density at radius 1 is 0.429 bits per heavy atom. The smallest absolute Gasteiger partial charge is 0.137 e. The minimum atomic E-state index is -0.0249. The summed E-state index contributed by atoms with van der Waals surface area (Å²) in [5.41, 5.74) is 17.9. The van der Waals surface area contributed by atoms with Crippen LogP contribution in [-0.2, 0) is 21.7 Å². The van der Waals surface area contributed by atoms with E-state index in [0.29, 0.717) is 6.67 Å². The number of fused-ring (bicyclic) bond motifs is 4. The summed E-state index contributed by atoms with van der Waals surface area (Å²) in [6.45, 7) is 30.3. The van der Waals surface area contributed by atoms with Crippen LogP contribution in [0, 0.1) is 6.92 Å². The van der Waals surface area contributed by atoms with Crippen LogP contribution in [0.25, 0.3) is 49.9 Å². The number of benzene rings is 7. The lowest BCUT2D eigenvalue weighted by molar-refractivity contribution is 0.483. The lowest BCUT2D eigenvalue weighted by Gasteiger charge is -2.29. The zero-order valence-electron chi connectivity index (χ0n) is 43.5. The van der Waals surface area contributed by atoms with E-state index in [1.807, 2.05) is 0 Å². The molecule has 1 aliphatic heterocycles. The first-order valence-electron chi connectivity index (χ1n) is 25.0. The van der Waals surface area contributed by atoms with E-state index in [1.165, 1.54) is 61.3 Å². The van der Waals surface area contributed by atoms with E-state index in [-0.39, 0.29) is 21.7 Å². The van der Waals surface area contributed by atoms with Crippen LogP contribution in [0.3, 0.4) is 0 Å². The molecule has 0 saturated carbocycles. The fraction of sp³-hybridized carbons (Fsp3) is 0.277. The highest BCUT2D eigenvalue weighted by Crippen LogP contribution is 2.48. The van der Waals surface area contributed by atoms with Crippen molar-refractivity contribution in [1.82, 2.24) is 9.55 Å². The molecule has 0 amide bonds. The summed E-state index contributed by atoms with van der Waals surface area (Å²) in [5.74, 6) is 2.42. The Balaban J connectivity index is 1.04. The van der Waals surface area contributed by atoms with Gasteiger partial charge in [-0.3, -0.25) is 4.57 Å². The molecule has 5 nitrogen and oxygen atoms in total. The van der Waals surface area contributed by atoms with E-state index in [9.17, 15) is 0 Å². The first-order valence-corrected chi connectivity index (χ1v) is 25.0. The van der Waals surface area contributed by atoms with Gasteiger partial charge < -0.3 is 14.5 Å². The van der Waals surface area contributed by atoms with Crippen LogP contribution in [0.1, 0.15) is 111 Å². The fourth-order valence-electron chi connectivity index (χ4n) is 9.89. The fourth-order valence-corrected chi connectivity index (χ4v) is 9.89. The van der Waals surface area contributed by atoms with Crippen molar-refractivity contribution in [1.29, 1.82) is 0 Å². The molecule has 0 spiro atoms. The first-order chi connectivity index (χ1) is 33.1. The number of rotatable bonds is 7. The highest BCUT2D eigenvalue weighted by atomic mass is 16.5. The molecule has 70 heavy (non-hydrogen) atoms. The quantitative estimate of drug-likeness (QED) is 0.159. The number of nitrogens with zero attached hydrogens (tertiary/aromatic N) is 4. The predicted molar refractivity (Wildman–Crippen MR) is 298 cm³/mol. The normalized spacial score (nSPS) is 13.4. The van der Waals surface area contributed by atoms with Crippen molar-refractivity contribution in [3.05, 3.63) is 192 Å². The van der Waals surface area contributed by atoms with Crippen molar-refractivity contribution in [3.63, 3.8) is 0 Å². The molecule has 0 bridgehead atoms. The second-order valence-electron chi connectivity index (χ2n) is 23.6. The maximum atomic E-state index is 6.90. The Labute approximate surface area is 416 Å². The Kier molecular flexibility index (Phi) is 11.4. The summed E-state index contributed by atoms with van der Waals surface area (Å²) in [4.78, 5) is 10.1. The Morgan fingerprint density at radius 2 is 1.03 bits per heavy atom. The number of hydrogen-bond acceptors (Lipinski definition) is 4. The van der Waals surface area contributed by atoms with Crippen LogP contribution in [0.5, 0.6) is 11.5 Å². The molecule has 0 N–H and O–H groups in total. The Hall–Kier alpha value is -7.11. The number of ether oxygens (including phenoxy) is 1. The third-order valence-electron chi connectivity index (χ3n) is 14.2. The Bertz CT molecular complexity index is 3410. The van der Waals surface area contributed by atoms with E-state index in [2.05, 4.69) is 268 Å². The van der Waals surface area contributed by atoms with Crippen molar-refractivity contribution >= 4 is 44.6 Å². The van der Waals surface area contributed by atoms with Crippen molar-refractivity contribution in [2.75, 3.05) is 16.5 Å². The molecular formula is C65H68N4O. The summed E-state index contributed by atoms with van der Waals surface area (Å²) < 4.78 is 9.22. The molecule has 5 heteroatoms. The van der Waals surface area contributed by atoms with E-state index in [4.69, 9.17) is 9.72 Å². The zero-order chi connectivity index (χ0) is 49.5. The number of aromatic nitrogens is 2. The third kappa shape index (κ3) is 8.87. The summed E-state index contributed by atoms with van der Waals surface area (Å²) in [6.07, 6.45) is 2.05.